The molecule has 4 aliphatic rings. The van der Waals surface area contributed by atoms with Crippen molar-refractivity contribution < 1.29 is 29.3 Å². The molecule has 2 N–H and O–H groups in total. The maximum atomic E-state index is 13.8. The summed E-state index contributed by atoms with van der Waals surface area (Å²) in [5.41, 5.74) is -1.67. The van der Waals surface area contributed by atoms with Gasteiger partial charge in [0.05, 0.1) is 0 Å². The van der Waals surface area contributed by atoms with Crippen molar-refractivity contribution >= 4 is 11.9 Å². The molecule has 6 atom stereocenters. The third kappa shape index (κ3) is 7.13. The fourth-order valence-corrected chi connectivity index (χ4v) is 9.96. The summed E-state index contributed by atoms with van der Waals surface area (Å²) in [6.45, 7) is 2.07. The summed E-state index contributed by atoms with van der Waals surface area (Å²) in [6, 6.07) is 37.9. The van der Waals surface area contributed by atoms with Crippen molar-refractivity contribution in [2.75, 3.05) is 13.1 Å². The first-order chi connectivity index (χ1) is 26.3. The van der Waals surface area contributed by atoms with E-state index in [1.54, 1.807) is 48.5 Å². The molecule has 0 spiro atoms. The summed E-state index contributed by atoms with van der Waals surface area (Å²) in [7, 11) is 0. The molecule has 0 aromatic heterocycles. The summed E-state index contributed by atoms with van der Waals surface area (Å²) in [5, 5.41) is 23.8. The Bertz CT molecular complexity index is 1610. The smallest absolute Gasteiger partial charge is 0.347 e. The summed E-state index contributed by atoms with van der Waals surface area (Å²) < 4.78 is 12.3. The second-order valence-corrected chi connectivity index (χ2v) is 15.8. The zero-order chi connectivity index (χ0) is 37.1. The molecule has 4 aliphatic heterocycles. The molecule has 8 nitrogen and oxygen atoms in total. The lowest BCUT2D eigenvalue weighted by atomic mass is 9.86. The number of esters is 2. The van der Waals surface area contributed by atoms with Crippen LogP contribution in [0.25, 0.3) is 0 Å². The van der Waals surface area contributed by atoms with Crippen LogP contribution in [-0.4, -0.2) is 81.4 Å². The predicted octanol–water partition coefficient (Wildman–Crippen LogP) is 6.72. The van der Waals surface area contributed by atoms with Gasteiger partial charge in [0.1, 0.15) is 12.2 Å². The lowest BCUT2D eigenvalue weighted by Gasteiger charge is -2.41. The number of hydrogen-bond donors (Lipinski definition) is 2. The molecular formula is C46H52N2O6. The molecule has 0 saturated carbocycles. The zero-order valence-electron chi connectivity index (χ0n) is 30.9. The standard InChI is InChI=1S/C46H52N2O6/c49-43(45(51,33-15-5-1-6-16-33)34-17-7-2-8-18-34)53-41-29-37-23-24-38(30-41)47(37)27-13-14-28-48-39-25-26-40(48)32-42(31-39)54-44(50)46(52,35-19-9-3-10-20-35)36-21-11-4-12-22-36/h1-12,15-22,37-42,51-52H,13-14,23-32H2/t37-,38+,39-,40+,41?,42?. The van der Waals surface area contributed by atoms with E-state index in [4.69, 9.17) is 9.47 Å². The van der Waals surface area contributed by atoms with Crippen molar-refractivity contribution in [3.05, 3.63) is 144 Å². The maximum Gasteiger partial charge on any atom is 0.347 e. The van der Waals surface area contributed by atoms with Gasteiger partial charge in [0.2, 0.25) is 11.2 Å². The number of carbonyl (C=O) groups is 2. The molecule has 282 valence electrons. The fourth-order valence-electron chi connectivity index (χ4n) is 9.96. The molecule has 4 aromatic rings. The third-order valence-corrected chi connectivity index (χ3v) is 12.7. The van der Waals surface area contributed by atoms with E-state index in [1.165, 1.54) is 0 Å². The van der Waals surface area contributed by atoms with Crippen molar-refractivity contribution in [1.29, 1.82) is 0 Å². The highest BCUT2D eigenvalue weighted by Gasteiger charge is 2.48. The van der Waals surface area contributed by atoms with Crippen LogP contribution in [0.2, 0.25) is 0 Å². The number of nitrogens with zero attached hydrogens (tertiary/aromatic N) is 2. The first-order valence-corrected chi connectivity index (χ1v) is 19.9. The molecule has 2 unspecified atom stereocenters. The highest BCUT2D eigenvalue weighted by Crippen LogP contribution is 2.41. The molecule has 4 aromatic carbocycles. The van der Waals surface area contributed by atoms with E-state index in [9.17, 15) is 19.8 Å². The third-order valence-electron chi connectivity index (χ3n) is 12.7. The molecule has 54 heavy (non-hydrogen) atoms. The van der Waals surface area contributed by atoms with Crippen LogP contribution >= 0.6 is 0 Å². The van der Waals surface area contributed by atoms with Gasteiger partial charge in [0.25, 0.3) is 0 Å². The Kier molecular flexibility index (Phi) is 10.7. The van der Waals surface area contributed by atoms with Gasteiger partial charge in [-0.15, -0.1) is 0 Å². The lowest BCUT2D eigenvalue weighted by molar-refractivity contribution is -0.172. The number of rotatable bonds is 13. The van der Waals surface area contributed by atoms with Gasteiger partial charge >= 0.3 is 11.9 Å². The molecule has 0 aliphatic carbocycles. The maximum absolute atomic E-state index is 13.8. The van der Waals surface area contributed by atoms with Crippen LogP contribution in [0.3, 0.4) is 0 Å². The van der Waals surface area contributed by atoms with Gasteiger partial charge in [0.15, 0.2) is 0 Å². The topological polar surface area (TPSA) is 99.5 Å². The number of carbonyl (C=O) groups excluding carboxylic acids is 2. The fraction of sp³-hybridized carbons (Fsp3) is 0.435. The van der Waals surface area contributed by atoms with E-state index in [0.29, 0.717) is 46.4 Å². The van der Waals surface area contributed by atoms with Crippen molar-refractivity contribution in [3.8, 4) is 0 Å². The van der Waals surface area contributed by atoms with E-state index in [0.717, 1.165) is 77.3 Å². The quantitative estimate of drug-likeness (QED) is 0.116. The van der Waals surface area contributed by atoms with Crippen LogP contribution in [0.5, 0.6) is 0 Å². The number of aliphatic hydroxyl groups is 2. The number of fused-ring (bicyclic) bond motifs is 4. The Balaban J connectivity index is 0.823. The normalized spacial score (nSPS) is 25.7. The molecule has 8 rings (SSSR count). The molecule has 4 saturated heterocycles. The van der Waals surface area contributed by atoms with Crippen LogP contribution in [0.1, 0.15) is 86.5 Å². The largest absolute Gasteiger partial charge is 0.460 e. The lowest BCUT2D eigenvalue weighted by Crippen LogP contribution is -2.49. The first kappa shape index (κ1) is 36.6. The number of unbranched alkanes of at least 4 members (excludes halogenated alkanes) is 1. The van der Waals surface area contributed by atoms with Crippen molar-refractivity contribution in [2.45, 2.75) is 112 Å². The summed E-state index contributed by atoms with van der Waals surface area (Å²) >= 11 is 0. The molecule has 0 amide bonds. The van der Waals surface area contributed by atoms with Crippen LogP contribution < -0.4 is 0 Å². The minimum absolute atomic E-state index is 0.215. The Hall–Kier alpha value is -4.34. The number of benzene rings is 4. The number of ether oxygens (including phenoxy) is 2. The molecule has 4 heterocycles. The number of hydrogen-bond acceptors (Lipinski definition) is 8. The van der Waals surface area contributed by atoms with Gasteiger partial charge in [-0.1, -0.05) is 121 Å². The van der Waals surface area contributed by atoms with Crippen molar-refractivity contribution in [2.24, 2.45) is 0 Å². The molecule has 4 fully saturated rings. The van der Waals surface area contributed by atoms with E-state index in [1.807, 2.05) is 72.8 Å². The van der Waals surface area contributed by atoms with E-state index in [-0.39, 0.29) is 12.2 Å². The summed E-state index contributed by atoms with van der Waals surface area (Å²) in [6.07, 6.45) is 9.40. The average Bonchev–Trinajstić information content (AvgIpc) is 3.60. The van der Waals surface area contributed by atoms with Crippen molar-refractivity contribution in [1.82, 2.24) is 9.80 Å². The van der Waals surface area contributed by atoms with Crippen LogP contribution in [0, 0.1) is 0 Å². The highest BCUT2D eigenvalue weighted by atomic mass is 16.6. The second kappa shape index (κ2) is 15.8. The summed E-state index contributed by atoms with van der Waals surface area (Å²) in [4.78, 5) is 32.8. The van der Waals surface area contributed by atoms with E-state index in [2.05, 4.69) is 9.80 Å². The Morgan fingerprint density at radius 1 is 0.481 bits per heavy atom. The van der Waals surface area contributed by atoms with Crippen LogP contribution in [0.4, 0.5) is 0 Å². The predicted molar refractivity (Wildman–Crippen MR) is 206 cm³/mol. The Labute approximate surface area is 318 Å². The highest BCUT2D eigenvalue weighted by molar-refractivity contribution is 5.86. The minimum Gasteiger partial charge on any atom is -0.460 e. The molecule has 4 bridgehead atoms. The van der Waals surface area contributed by atoms with Crippen LogP contribution in [-0.2, 0) is 30.3 Å². The van der Waals surface area contributed by atoms with E-state index >= 15 is 0 Å². The monoisotopic (exact) mass is 728 g/mol. The molecular weight excluding hydrogens is 677 g/mol. The van der Waals surface area contributed by atoms with E-state index < -0.39 is 23.1 Å². The molecule has 0 radical (unpaired) electrons. The number of piperidine rings is 2. The minimum atomic E-state index is -1.86. The van der Waals surface area contributed by atoms with Gasteiger partial charge in [-0.2, -0.15) is 0 Å². The first-order valence-electron chi connectivity index (χ1n) is 19.9. The van der Waals surface area contributed by atoms with Gasteiger partial charge in [-0.05, 0) is 73.9 Å². The molecule has 8 heteroatoms. The average molecular weight is 729 g/mol. The zero-order valence-corrected chi connectivity index (χ0v) is 30.9. The van der Waals surface area contributed by atoms with Crippen molar-refractivity contribution in [3.63, 3.8) is 0 Å². The van der Waals surface area contributed by atoms with Gasteiger partial charge in [0, 0.05) is 49.9 Å². The van der Waals surface area contributed by atoms with Gasteiger partial charge < -0.3 is 19.7 Å². The van der Waals surface area contributed by atoms with Crippen LogP contribution in [0.15, 0.2) is 121 Å². The van der Waals surface area contributed by atoms with Gasteiger partial charge in [-0.3, -0.25) is 9.80 Å². The Morgan fingerprint density at radius 2 is 0.741 bits per heavy atom. The second-order valence-electron chi connectivity index (χ2n) is 15.8. The Morgan fingerprint density at radius 3 is 1.00 bits per heavy atom. The SMILES string of the molecule is O=C(OC1C[C@H]2CC[C@@H](C1)N2CCCCN1[C@@H]2CC[C@H]1CC(OC(=O)C(O)(c1ccccc1)c1ccccc1)C2)C(O)(c1ccccc1)c1ccccc1. The van der Waals surface area contributed by atoms with Gasteiger partial charge in [-0.25, -0.2) is 9.59 Å². The summed E-state index contributed by atoms with van der Waals surface area (Å²) in [5.74, 6) is -1.21.